The van der Waals surface area contributed by atoms with Gasteiger partial charge in [-0.2, -0.15) is 0 Å². The van der Waals surface area contributed by atoms with Crippen LogP contribution in [0.1, 0.15) is 24.0 Å². The molecule has 1 atom stereocenters. The highest BCUT2D eigenvalue weighted by Crippen LogP contribution is 2.23. The first-order valence-corrected chi connectivity index (χ1v) is 8.46. The second-order valence-corrected chi connectivity index (χ2v) is 6.34. The van der Waals surface area contributed by atoms with E-state index in [1.807, 2.05) is 38.1 Å². The predicted octanol–water partition coefficient (Wildman–Crippen LogP) is 3.91. The molecule has 0 aromatic heterocycles. The van der Waals surface area contributed by atoms with Crippen LogP contribution in [0.15, 0.2) is 48.5 Å². The summed E-state index contributed by atoms with van der Waals surface area (Å²) in [6, 6.07) is 14.3. The van der Waals surface area contributed by atoms with E-state index >= 15 is 0 Å². The number of hydrogen-bond acceptors (Lipinski definition) is 3. The molecule has 3 rings (SSSR count). The number of likely N-dealkylation sites (tertiary alicyclic amines) is 1. The number of rotatable bonds is 3. The molecule has 5 nitrogen and oxygen atoms in total. The Morgan fingerprint density at radius 3 is 2.64 bits per heavy atom. The number of ether oxygens (including phenoxy) is 1. The van der Waals surface area contributed by atoms with Gasteiger partial charge in [-0.3, -0.25) is 9.69 Å². The Labute approximate surface area is 147 Å². The lowest BCUT2D eigenvalue weighted by atomic mass is 10.1. The van der Waals surface area contributed by atoms with Crippen LogP contribution in [-0.2, 0) is 4.79 Å². The monoisotopic (exact) mass is 338 g/mol. The molecule has 0 unspecified atom stereocenters. The number of carbonyl (C=O) groups is 2. The molecule has 0 spiro atoms. The summed E-state index contributed by atoms with van der Waals surface area (Å²) in [5.41, 5.74) is 2.86. The zero-order chi connectivity index (χ0) is 17.8. The van der Waals surface area contributed by atoms with Crippen molar-refractivity contribution < 1.29 is 14.3 Å². The fourth-order valence-electron chi connectivity index (χ4n) is 2.99. The standard InChI is InChI=1S/C20H22N2O3/c1-14-10-11-15(2)17(13-14)21-19(23)18-9-6-12-22(18)20(24)25-16-7-4-3-5-8-16/h3-5,7-8,10-11,13,18H,6,9,12H2,1-2H3,(H,21,23)/t18-/m0/s1. The molecule has 1 N–H and O–H groups in total. The van der Waals surface area contributed by atoms with Gasteiger partial charge in [0.15, 0.2) is 0 Å². The molecule has 1 heterocycles. The number of hydrogen-bond donors (Lipinski definition) is 1. The third kappa shape index (κ3) is 3.99. The van der Waals surface area contributed by atoms with Crippen LogP contribution in [0.25, 0.3) is 0 Å². The molecule has 1 aliphatic rings. The van der Waals surface area contributed by atoms with E-state index in [4.69, 9.17) is 4.74 Å². The van der Waals surface area contributed by atoms with Gasteiger partial charge < -0.3 is 10.1 Å². The Hall–Kier alpha value is -2.82. The molecule has 130 valence electrons. The molecule has 25 heavy (non-hydrogen) atoms. The van der Waals surface area contributed by atoms with Crippen molar-refractivity contribution in [1.82, 2.24) is 4.90 Å². The number of nitrogens with zero attached hydrogens (tertiary/aromatic N) is 1. The molecular weight excluding hydrogens is 316 g/mol. The maximum atomic E-state index is 12.7. The Balaban J connectivity index is 1.69. The zero-order valence-corrected chi connectivity index (χ0v) is 14.5. The van der Waals surface area contributed by atoms with Gasteiger partial charge in [0.05, 0.1) is 0 Å². The Morgan fingerprint density at radius 2 is 1.88 bits per heavy atom. The molecule has 0 aliphatic carbocycles. The number of para-hydroxylation sites is 1. The van der Waals surface area contributed by atoms with Gasteiger partial charge in [-0.1, -0.05) is 30.3 Å². The van der Waals surface area contributed by atoms with Crippen LogP contribution in [0.3, 0.4) is 0 Å². The molecule has 1 aliphatic heterocycles. The normalized spacial score (nSPS) is 16.6. The first-order chi connectivity index (χ1) is 12.0. The lowest BCUT2D eigenvalue weighted by molar-refractivity contribution is -0.119. The topological polar surface area (TPSA) is 58.6 Å². The molecule has 0 radical (unpaired) electrons. The summed E-state index contributed by atoms with van der Waals surface area (Å²) < 4.78 is 5.38. The number of benzene rings is 2. The van der Waals surface area contributed by atoms with Crippen LogP contribution in [0.5, 0.6) is 5.75 Å². The third-order valence-electron chi connectivity index (χ3n) is 4.39. The summed E-state index contributed by atoms with van der Waals surface area (Å²) in [6.45, 7) is 4.45. The first kappa shape index (κ1) is 17.0. The number of nitrogens with one attached hydrogen (secondary N) is 1. The number of carbonyl (C=O) groups excluding carboxylic acids is 2. The summed E-state index contributed by atoms with van der Waals surface area (Å²) in [5, 5.41) is 2.95. The molecule has 1 fully saturated rings. The third-order valence-corrected chi connectivity index (χ3v) is 4.39. The number of aryl methyl sites for hydroxylation is 2. The van der Waals surface area contributed by atoms with Crippen LogP contribution in [0, 0.1) is 13.8 Å². The molecule has 5 heteroatoms. The first-order valence-electron chi connectivity index (χ1n) is 8.46. The average molecular weight is 338 g/mol. The molecule has 0 bridgehead atoms. The smallest absolute Gasteiger partial charge is 0.410 e. The number of amides is 2. The van der Waals surface area contributed by atoms with Crippen molar-refractivity contribution in [2.45, 2.75) is 32.7 Å². The van der Waals surface area contributed by atoms with E-state index < -0.39 is 12.1 Å². The summed E-state index contributed by atoms with van der Waals surface area (Å²) >= 11 is 0. The van der Waals surface area contributed by atoms with Crippen molar-refractivity contribution in [3.8, 4) is 5.75 Å². The van der Waals surface area contributed by atoms with Gasteiger partial charge in [-0.05, 0) is 56.0 Å². The summed E-state index contributed by atoms with van der Waals surface area (Å²) in [4.78, 5) is 26.6. The van der Waals surface area contributed by atoms with Crippen LogP contribution < -0.4 is 10.1 Å². The van der Waals surface area contributed by atoms with E-state index in [0.717, 1.165) is 23.2 Å². The van der Waals surface area contributed by atoms with Gasteiger partial charge in [0, 0.05) is 12.2 Å². The molecule has 0 saturated carbocycles. The van der Waals surface area contributed by atoms with Crippen molar-refractivity contribution in [1.29, 1.82) is 0 Å². The zero-order valence-electron chi connectivity index (χ0n) is 14.5. The van der Waals surface area contributed by atoms with Gasteiger partial charge in [0.1, 0.15) is 11.8 Å². The Kier molecular flexibility index (Phi) is 5.03. The van der Waals surface area contributed by atoms with Gasteiger partial charge in [0.25, 0.3) is 0 Å². The summed E-state index contributed by atoms with van der Waals surface area (Å²) in [7, 11) is 0. The predicted molar refractivity (Wildman–Crippen MR) is 96.7 cm³/mol. The van der Waals surface area contributed by atoms with E-state index in [9.17, 15) is 9.59 Å². The molecule has 2 amide bonds. The Morgan fingerprint density at radius 1 is 1.12 bits per heavy atom. The second-order valence-electron chi connectivity index (χ2n) is 6.34. The van der Waals surface area contributed by atoms with Gasteiger partial charge in [-0.15, -0.1) is 0 Å². The van der Waals surface area contributed by atoms with Crippen LogP contribution >= 0.6 is 0 Å². The SMILES string of the molecule is Cc1ccc(C)c(NC(=O)[C@@H]2CCCN2C(=O)Oc2ccccc2)c1. The van der Waals surface area contributed by atoms with Crippen LogP contribution in [-0.4, -0.2) is 29.5 Å². The van der Waals surface area contributed by atoms with Crippen molar-refractivity contribution >= 4 is 17.7 Å². The quantitative estimate of drug-likeness (QED) is 0.923. The van der Waals surface area contributed by atoms with Crippen LogP contribution in [0.2, 0.25) is 0 Å². The largest absolute Gasteiger partial charge is 0.415 e. The van der Waals surface area contributed by atoms with E-state index in [0.29, 0.717) is 18.7 Å². The molecule has 1 saturated heterocycles. The van der Waals surface area contributed by atoms with Crippen molar-refractivity contribution in [2.75, 3.05) is 11.9 Å². The number of anilines is 1. The van der Waals surface area contributed by atoms with Gasteiger partial charge >= 0.3 is 6.09 Å². The van der Waals surface area contributed by atoms with Crippen molar-refractivity contribution in [2.24, 2.45) is 0 Å². The summed E-state index contributed by atoms with van der Waals surface area (Å²) in [5.74, 6) is 0.310. The fourth-order valence-corrected chi connectivity index (χ4v) is 2.99. The van der Waals surface area contributed by atoms with E-state index in [1.54, 1.807) is 24.3 Å². The highest BCUT2D eigenvalue weighted by molar-refractivity contribution is 5.97. The Bertz CT molecular complexity index is 774. The lowest BCUT2D eigenvalue weighted by Crippen LogP contribution is -2.44. The van der Waals surface area contributed by atoms with Gasteiger partial charge in [-0.25, -0.2) is 4.79 Å². The van der Waals surface area contributed by atoms with E-state index in [1.165, 1.54) is 4.90 Å². The maximum Gasteiger partial charge on any atom is 0.415 e. The lowest BCUT2D eigenvalue weighted by Gasteiger charge is -2.23. The highest BCUT2D eigenvalue weighted by Gasteiger charge is 2.35. The summed E-state index contributed by atoms with van der Waals surface area (Å²) in [6.07, 6.45) is 0.944. The van der Waals surface area contributed by atoms with Crippen LogP contribution in [0.4, 0.5) is 10.5 Å². The van der Waals surface area contributed by atoms with Crippen molar-refractivity contribution in [3.05, 3.63) is 59.7 Å². The van der Waals surface area contributed by atoms with Gasteiger partial charge in [0.2, 0.25) is 5.91 Å². The fraction of sp³-hybridized carbons (Fsp3) is 0.300. The highest BCUT2D eigenvalue weighted by atomic mass is 16.6. The molecule has 2 aromatic carbocycles. The minimum atomic E-state index is -0.504. The average Bonchev–Trinajstić information content (AvgIpc) is 3.09. The second kappa shape index (κ2) is 7.38. The molecular formula is C20H22N2O3. The molecule has 2 aromatic rings. The minimum absolute atomic E-state index is 0.170. The van der Waals surface area contributed by atoms with Crippen molar-refractivity contribution in [3.63, 3.8) is 0 Å². The van der Waals surface area contributed by atoms with E-state index in [2.05, 4.69) is 5.32 Å². The van der Waals surface area contributed by atoms with E-state index in [-0.39, 0.29) is 5.91 Å². The maximum absolute atomic E-state index is 12.7. The minimum Gasteiger partial charge on any atom is -0.410 e.